The Bertz CT molecular complexity index is 2700. The van der Waals surface area contributed by atoms with Crippen molar-refractivity contribution in [2.24, 2.45) is 0 Å². The van der Waals surface area contributed by atoms with Gasteiger partial charge in [0, 0.05) is 76.4 Å². The SMILES string of the molecule is C.Clc1ccc(Br)c(CBr)c1.O=C1CCCc2cc3c(cc21)OCc1cc(Cl)ccc1-3.O=C1CCCc2ccc(O)cc21.O=C1CCCc2ccc(OCc3cc(Cl)ccc3Br)cc21. The van der Waals surface area contributed by atoms with E-state index in [4.69, 9.17) is 49.4 Å². The second-order valence-electron chi connectivity index (χ2n) is 15.5. The molecular weight excluding hydrogens is 1070 g/mol. The molecule has 6 nitrogen and oxygen atoms in total. The fourth-order valence-electron chi connectivity index (χ4n) is 7.87. The van der Waals surface area contributed by atoms with Gasteiger partial charge >= 0.3 is 0 Å². The topological polar surface area (TPSA) is 89.9 Å². The van der Waals surface area contributed by atoms with Gasteiger partial charge < -0.3 is 14.6 Å². The Morgan fingerprint density at radius 3 is 1.69 bits per heavy atom. The van der Waals surface area contributed by atoms with Crippen molar-refractivity contribution in [2.75, 3.05) is 0 Å². The number of rotatable bonds is 4. The van der Waals surface area contributed by atoms with Crippen LogP contribution in [0, 0.1) is 0 Å². The van der Waals surface area contributed by atoms with E-state index in [0.717, 1.165) is 124 Å². The molecule has 1 aliphatic heterocycles. The lowest BCUT2D eigenvalue weighted by atomic mass is 9.86. The van der Waals surface area contributed by atoms with Gasteiger partial charge in [0.05, 0.1) is 0 Å². The van der Waals surface area contributed by atoms with Crippen molar-refractivity contribution in [2.45, 2.75) is 83.8 Å². The standard InChI is InChI=1S/C17H14BrClO2.C17H13ClO2.C10H10O2.C7H5Br2Cl.CH4/c18-16-7-5-13(19)8-12(16)10-21-14-6-4-11-2-1-3-17(20)15(11)9-14;18-12-4-5-13-11(6-12)9-20-17-8-14-10(7-15(13)17)2-1-3-16(14)19;11-8-5-4-7-2-1-3-10(12)9(7)6-8;8-4-5-3-6(10)1-2-7(5)9;/h4-9H,1-3,10H2;4-8H,1-3,9H2;4-6,11H,1-3H2;1-3H,4H2;1H4. The molecule has 3 aliphatic carbocycles. The summed E-state index contributed by atoms with van der Waals surface area (Å²) in [6, 6.07) is 32.1. The second kappa shape index (κ2) is 23.0. The van der Waals surface area contributed by atoms with E-state index in [1.54, 1.807) is 12.1 Å². The number of halogens is 6. The summed E-state index contributed by atoms with van der Waals surface area (Å²) in [6.07, 6.45) is 7.64. The van der Waals surface area contributed by atoms with Crippen LogP contribution in [0.25, 0.3) is 11.1 Å². The minimum absolute atomic E-state index is 0. The predicted octanol–water partition coefficient (Wildman–Crippen LogP) is 16.2. The minimum Gasteiger partial charge on any atom is -0.508 e. The fourth-order valence-corrected chi connectivity index (χ4v) is 10.0. The van der Waals surface area contributed by atoms with Gasteiger partial charge in [0.15, 0.2) is 17.3 Å². The number of benzene rings is 6. The highest BCUT2D eigenvalue weighted by atomic mass is 79.9. The number of carbonyl (C=O) groups is 3. The Kier molecular flexibility index (Phi) is 17.8. The van der Waals surface area contributed by atoms with E-state index in [1.807, 2.05) is 84.9 Å². The lowest BCUT2D eigenvalue weighted by Crippen LogP contribution is -2.13. The number of ketones is 3. The fraction of sp³-hybridized carbons (Fsp3) is 0.250. The molecule has 0 bridgehead atoms. The predicted molar refractivity (Wildman–Crippen MR) is 270 cm³/mol. The Morgan fingerprint density at radius 2 is 1.06 bits per heavy atom. The summed E-state index contributed by atoms with van der Waals surface area (Å²) in [6.45, 7) is 0.921. The molecule has 64 heavy (non-hydrogen) atoms. The number of phenolic OH excluding ortho intramolecular Hbond substituents is 1. The molecule has 0 fully saturated rings. The highest BCUT2D eigenvalue weighted by molar-refractivity contribution is 9.11. The summed E-state index contributed by atoms with van der Waals surface area (Å²) in [5, 5.41) is 12.2. The third kappa shape index (κ3) is 12.5. The van der Waals surface area contributed by atoms with Crippen LogP contribution in [0.4, 0.5) is 0 Å². The third-order valence-electron chi connectivity index (χ3n) is 11.1. The molecule has 4 aliphatic rings. The Labute approximate surface area is 415 Å². The van der Waals surface area contributed by atoms with E-state index < -0.39 is 0 Å². The van der Waals surface area contributed by atoms with Crippen molar-refractivity contribution in [3.8, 4) is 28.4 Å². The largest absolute Gasteiger partial charge is 0.508 e. The first-order valence-corrected chi connectivity index (χ1v) is 24.4. The van der Waals surface area contributed by atoms with Crippen LogP contribution in [0.2, 0.25) is 15.1 Å². The first kappa shape index (κ1) is 49.5. The number of hydrogen-bond donors (Lipinski definition) is 1. The maximum absolute atomic E-state index is 12.0. The maximum Gasteiger partial charge on any atom is 0.163 e. The van der Waals surface area contributed by atoms with Crippen molar-refractivity contribution in [1.29, 1.82) is 0 Å². The first-order chi connectivity index (χ1) is 30.4. The average Bonchev–Trinajstić information content (AvgIpc) is 3.28. The van der Waals surface area contributed by atoms with E-state index in [0.29, 0.717) is 43.1 Å². The molecule has 1 heterocycles. The second-order valence-corrected chi connectivity index (χ2v) is 19.1. The number of carbonyl (C=O) groups excluding carboxylic acids is 3. The van der Waals surface area contributed by atoms with Crippen molar-refractivity contribution >= 4 is 99.9 Å². The number of aromatic hydroxyl groups is 1. The quantitative estimate of drug-likeness (QED) is 0.177. The molecule has 12 heteroatoms. The monoisotopic (exact) mass is 1110 g/mol. The zero-order chi connectivity index (χ0) is 44.6. The molecule has 6 aromatic rings. The Hall–Kier alpha value is -3.96. The first-order valence-electron chi connectivity index (χ1n) is 20.6. The lowest BCUT2D eigenvalue weighted by Gasteiger charge is -2.24. The number of alkyl halides is 1. The van der Waals surface area contributed by atoms with Gasteiger partial charge in [-0.3, -0.25) is 14.4 Å². The van der Waals surface area contributed by atoms with Crippen molar-refractivity contribution in [3.05, 3.63) is 177 Å². The number of phenols is 1. The molecule has 0 aromatic heterocycles. The molecule has 10 rings (SSSR count). The number of hydrogen-bond acceptors (Lipinski definition) is 6. The number of fused-ring (bicyclic) bond motifs is 6. The summed E-state index contributed by atoms with van der Waals surface area (Å²) < 4.78 is 13.7. The molecule has 6 aromatic carbocycles. The Balaban J connectivity index is 0.000000147. The molecule has 0 atom stereocenters. The lowest BCUT2D eigenvalue weighted by molar-refractivity contribution is 0.0964. The van der Waals surface area contributed by atoms with Gasteiger partial charge in [-0.05, 0) is 157 Å². The summed E-state index contributed by atoms with van der Waals surface area (Å²) >= 11 is 28.0. The van der Waals surface area contributed by atoms with Gasteiger partial charge in [-0.1, -0.05) is 108 Å². The zero-order valence-corrected chi connectivity index (χ0v) is 41.1. The van der Waals surface area contributed by atoms with Crippen molar-refractivity contribution in [1.82, 2.24) is 0 Å². The van der Waals surface area contributed by atoms with Crippen LogP contribution < -0.4 is 9.47 Å². The van der Waals surface area contributed by atoms with Crippen LogP contribution in [-0.4, -0.2) is 22.5 Å². The molecular formula is C52H46Br3Cl3O6. The van der Waals surface area contributed by atoms with Gasteiger partial charge in [-0.15, -0.1) is 0 Å². The molecule has 332 valence electrons. The van der Waals surface area contributed by atoms with Crippen LogP contribution in [0.1, 0.15) is 110 Å². The zero-order valence-electron chi connectivity index (χ0n) is 34.1. The van der Waals surface area contributed by atoms with Crippen molar-refractivity contribution in [3.63, 3.8) is 0 Å². The average molecular weight is 1110 g/mol. The molecule has 0 unspecified atom stereocenters. The summed E-state index contributed by atoms with van der Waals surface area (Å²) in [5.74, 6) is 2.33. The summed E-state index contributed by atoms with van der Waals surface area (Å²) in [7, 11) is 0. The van der Waals surface area contributed by atoms with Gasteiger partial charge in [-0.2, -0.15) is 0 Å². The number of Topliss-reactive ketones (excluding diaryl/α,β-unsaturated/α-hetero) is 3. The molecule has 0 spiro atoms. The van der Waals surface area contributed by atoms with Crippen LogP contribution in [0.5, 0.6) is 17.2 Å². The van der Waals surface area contributed by atoms with E-state index in [1.165, 1.54) is 5.56 Å². The van der Waals surface area contributed by atoms with Gasteiger partial charge in [0.25, 0.3) is 0 Å². The molecule has 0 saturated heterocycles. The molecule has 0 saturated carbocycles. The molecule has 1 N–H and O–H groups in total. The maximum atomic E-state index is 12.0. The van der Waals surface area contributed by atoms with E-state index in [2.05, 4.69) is 53.9 Å². The van der Waals surface area contributed by atoms with Crippen molar-refractivity contribution < 1.29 is 29.0 Å². The van der Waals surface area contributed by atoms with E-state index in [-0.39, 0.29) is 30.5 Å². The van der Waals surface area contributed by atoms with Crippen LogP contribution in [-0.2, 0) is 37.8 Å². The molecule has 0 radical (unpaired) electrons. The van der Waals surface area contributed by atoms with Crippen LogP contribution in [0.15, 0.2) is 112 Å². The Morgan fingerprint density at radius 1 is 0.531 bits per heavy atom. The minimum atomic E-state index is 0. The van der Waals surface area contributed by atoms with Gasteiger partial charge in [0.1, 0.15) is 30.5 Å². The normalized spacial score (nSPS) is 14.1. The van der Waals surface area contributed by atoms with Gasteiger partial charge in [0.2, 0.25) is 0 Å². The number of aryl methyl sites for hydroxylation is 3. The highest BCUT2D eigenvalue weighted by Gasteiger charge is 2.24. The van der Waals surface area contributed by atoms with Crippen LogP contribution >= 0.6 is 82.6 Å². The smallest absolute Gasteiger partial charge is 0.163 e. The highest BCUT2D eigenvalue weighted by Crippen LogP contribution is 2.41. The van der Waals surface area contributed by atoms with Gasteiger partial charge in [-0.25, -0.2) is 0 Å². The van der Waals surface area contributed by atoms with Crippen LogP contribution in [0.3, 0.4) is 0 Å². The summed E-state index contributed by atoms with van der Waals surface area (Å²) in [5.41, 5.74) is 11.2. The van der Waals surface area contributed by atoms with E-state index >= 15 is 0 Å². The number of ether oxygens (including phenoxy) is 2. The summed E-state index contributed by atoms with van der Waals surface area (Å²) in [4.78, 5) is 35.2. The molecule has 0 amide bonds. The third-order valence-corrected chi connectivity index (χ3v) is 14.0. The van der Waals surface area contributed by atoms with E-state index in [9.17, 15) is 14.4 Å².